The Morgan fingerprint density at radius 3 is 2.44 bits per heavy atom. The van der Waals surface area contributed by atoms with E-state index >= 15 is 0 Å². The van der Waals surface area contributed by atoms with Crippen LogP contribution in [0.15, 0.2) is 24.3 Å². The molecule has 0 radical (unpaired) electrons. The van der Waals surface area contributed by atoms with Crippen LogP contribution in [0.5, 0.6) is 0 Å². The molecular formula is C24H29ClF3N5O3. The Balaban J connectivity index is 1.46. The molecule has 36 heavy (non-hydrogen) atoms. The topological polar surface area (TPSA) is 89.3 Å². The number of amides is 2. The maximum Gasteiger partial charge on any atom is 0.451 e. The summed E-state index contributed by atoms with van der Waals surface area (Å²) < 4.78 is 45.8. The summed E-state index contributed by atoms with van der Waals surface area (Å²) in [5.74, 6) is -1.90. The summed E-state index contributed by atoms with van der Waals surface area (Å²) >= 11 is 6.21. The molecule has 1 aromatic carbocycles. The number of ether oxygens (including phenoxy) is 1. The van der Waals surface area contributed by atoms with Crippen molar-refractivity contribution in [2.75, 3.05) is 6.54 Å². The third-order valence-corrected chi connectivity index (χ3v) is 6.79. The van der Waals surface area contributed by atoms with E-state index in [-0.39, 0.29) is 36.9 Å². The molecule has 1 fully saturated rings. The summed E-state index contributed by atoms with van der Waals surface area (Å²) in [5, 5.41) is 10.3. The van der Waals surface area contributed by atoms with Crippen molar-refractivity contribution >= 4 is 23.6 Å². The second-order valence-electron chi connectivity index (χ2n) is 10.2. The minimum atomic E-state index is -4.66. The summed E-state index contributed by atoms with van der Waals surface area (Å²) in [7, 11) is 0. The smallest absolute Gasteiger partial charge is 0.444 e. The molecule has 8 nitrogen and oxygen atoms in total. The molecule has 1 aliphatic carbocycles. The number of nitrogens with one attached hydrogen (secondary N) is 1. The van der Waals surface area contributed by atoms with Crippen LogP contribution in [0.1, 0.15) is 74.5 Å². The predicted molar refractivity (Wildman–Crippen MR) is 125 cm³/mol. The fourth-order valence-electron chi connectivity index (χ4n) is 5.02. The normalized spacial score (nSPS) is 21.6. The van der Waals surface area contributed by atoms with E-state index in [2.05, 4.69) is 15.5 Å². The Hall–Kier alpha value is -2.82. The number of nitrogens with zero attached hydrogens (tertiary/aromatic N) is 4. The van der Waals surface area contributed by atoms with Gasteiger partial charge in [-0.25, -0.2) is 4.79 Å². The molecular weight excluding hydrogens is 499 g/mol. The van der Waals surface area contributed by atoms with Crippen molar-refractivity contribution in [3.05, 3.63) is 46.5 Å². The van der Waals surface area contributed by atoms with Crippen LogP contribution in [-0.2, 0) is 17.5 Å². The van der Waals surface area contributed by atoms with E-state index in [1.165, 1.54) is 0 Å². The first-order chi connectivity index (χ1) is 16.8. The van der Waals surface area contributed by atoms with Crippen LogP contribution in [0, 0.1) is 5.92 Å². The molecule has 1 unspecified atom stereocenters. The van der Waals surface area contributed by atoms with Crippen molar-refractivity contribution in [3.63, 3.8) is 0 Å². The van der Waals surface area contributed by atoms with E-state index in [1.54, 1.807) is 31.7 Å². The third kappa shape index (κ3) is 5.77. The number of alkyl carbamates (subject to hydrolysis) is 1. The van der Waals surface area contributed by atoms with E-state index in [9.17, 15) is 22.8 Å². The number of fused-ring (bicyclic) bond motifs is 1. The van der Waals surface area contributed by atoms with Crippen LogP contribution < -0.4 is 5.32 Å². The minimum Gasteiger partial charge on any atom is -0.444 e. The van der Waals surface area contributed by atoms with E-state index in [1.807, 2.05) is 18.2 Å². The summed E-state index contributed by atoms with van der Waals surface area (Å²) in [6.45, 7) is 5.53. The largest absolute Gasteiger partial charge is 0.451 e. The van der Waals surface area contributed by atoms with Gasteiger partial charge in [-0.15, -0.1) is 10.2 Å². The maximum absolute atomic E-state index is 13.2. The third-order valence-electron chi connectivity index (χ3n) is 6.55. The first-order valence-corrected chi connectivity index (χ1v) is 12.3. The zero-order valence-electron chi connectivity index (χ0n) is 20.3. The van der Waals surface area contributed by atoms with Crippen LogP contribution in [0.2, 0.25) is 5.02 Å². The number of carbonyl (C=O) groups excluding carboxylic acids is 2. The Morgan fingerprint density at radius 1 is 1.14 bits per heavy atom. The summed E-state index contributed by atoms with van der Waals surface area (Å²) in [6, 6.07) is 6.83. The molecule has 1 N–H and O–H groups in total. The van der Waals surface area contributed by atoms with Gasteiger partial charge in [0.05, 0.1) is 6.04 Å². The standard InChI is InChI=1S/C24H29ClF3N5O3/c1-23(2,3)36-22(35)29-18(15-5-4-6-16(25)13-15)14-7-9-17(10-8-14)32-11-12-33-19(20(32)34)30-31-21(33)24(26,27)28/h4-6,13-14,17-18H,7-12H2,1-3H3,(H,29,35). The highest BCUT2D eigenvalue weighted by atomic mass is 35.5. The number of hydrogen-bond acceptors (Lipinski definition) is 5. The second kappa shape index (κ2) is 9.91. The lowest BCUT2D eigenvalue weighted by atomic mass is 9.78. The Bertz CT molecular complexity index is 1120. The molecule has 12 heteroatoms. The lowest BCUT2D eigenvalue weighted by Crippen LogP contribution is -2.49. The Kier molecular flexibility index (Phi) is 7.23. The van der Waals surface area contributed by atoms with Gasteiger partial charge in [-0.2, -0.15) is 13.2 Å². The predicted octanol–water partition coefficient (Wildman–Crippen LogP) is 5.23. The first-order valence-electron chi connectivity index (χ1n) is 11.9. The van der Waals surface area contributed by atoms with Gasteiger partial charge >= 0.3 is 12.3 Å². The van der Waals surface area contributed by atoms with Crippen molar-refractivity contribution in [1.82, 2.24) is 25.0 Å². The van der Waals surface area contributed by atoms with Crippen LogP contribution >= 0.6 is 11.6 Å². The molecule has 1 atom stereocenters. The van der Waals surface area contributed by atoms with Gasteiger partial charge in [-0.3, -0.25) is 9.36 Å². The second-order valence-corrected chi connectivity index (χ2v) is 10.7. The van der Waals surface area contributed by atoms with E-state index in [4.69, 9.17) is 16.3 Å². The molecule has 2 amide bonds. The van der Waals surface area contributed by atoms with Crippen molar-refractivity contribution in [2.24, 2.45) is 5.92 Å². The monoisotopic (exact) mass is 527 g/mol. The quantitative estimate of drug-likeness (QED) is 0.588. The van der Waals surface area contributed by atoms with E-state index < -0.39 is 29.6 Å². The Morgan fingerprint density at radius 2 is 1.83 bits per heavy atom. The van der Waals surface area contributed by atoms with Crippen molar-refractivity contribution in [3.8, 4) is 0 Å². The highest BCUT2D eigenvalue weighted by Gasteiger charge is 2.43. The summed E-state index contributed by atoms with van der Waals surface area (Å²) in [6.07, 6.45) is -2.51. The molecule has 2 heterocycles. The molecule has 4 rings (SSSR count). The molecule has 196 valence electrons. The lowest BCUT2D eigenvalue weighted by Gasteiger charge is -2.40. The number of halogens is 4. The lowest BCUT2D eigenvalue weighted by molar-refractivity contribution is -0.147. The van der Waals surface area contributed by atoms with Gasteiger partial charge in [-0.1, -0.05) is 23.7 Å². The average molecular weight is 528 g/mol. The molecule has 0 bridgehead atoms. The molecule has 2 aliphatic rings. The van der Waals surface area contributed by atoms with Gasteiger partial charge in [0.25, 0.3) is 5.91 Å². The number of hydrogen-bond donors (Lipinski definition) is 1. The maximum atomic E-state index is 13.2. The van der Waals surface area contributed by atoms with Crippen molar-refractivity contribution in [1.29, 1.82) is 0 Å². The first kappa shape index (κ1) is 26.2. The van der Waals surface area contributed by atoms with Gasteiger partial charge < -0.3 is 15.0 Å². The molecule has 0 saturated heterocycles. The van der Waals surface area contributed by atoms with E-state index in [0.717, 1.165) is 10.1 Å². The number of carbonyl (C=O) groups is 2. The molecule has 1 aromatic heterocycles. The summed E-state index contributed by atoms with van der Waals surface area (Å²) in [5.41, 5.74) is 0.209. The number of rotatable bonds is 4. The van der Waals surface area contributed by atoms with Crippen LogP contribution in [0.3, 0.4) is 0 Å². The zero-order chi connectivity index (χ0) is 26.3. The fraction of sp³-hybridized carbons (Fsp3) is 0.583. The van der Waals surface area contributed by atoms with Gasteiger partial charge in [0.15, 0.2) is 0 Å². The minimum absolute atomic E-state index is 0.00577. The number of aromatic nitrogens is 3. The highest BCUT2D eigenvalue weighted by molar-refractivity contribution is 6.30. The average Bonchev–Trinajstić information content (AvgIpc) is 3.23. The van der Waals surface area contributed by atoms with Crippen LogP contribution in [0.4, 0.5) is 18.0 Å². The van der Waals surface area contributed by atoms with Gasteiger partial charge in [-0.05, 0) is 70.1 Å². The van der Waals surface area contributed by atoms with Gasteiger partial charge in [0, 0.05) is 24.2 Å². The molecule has 1 saturated carbocycles. The Labute approximate surface area is 212 Å². The zero-order valence-corrected chi connectivity index (χ0v) is 21.1. The van der Waals surface area contributed by atoms with Crippen molar-refractivity contribution in [2.45, 2.75) is 76.9 Å². The molecule has 1 aliphatic heterocycles. The van der Waals surface area contributed by atoms with Crippen LogP contribution in [-0.4, -0.2) is 49.9 Å². The van der Waals surface area contributed by atoms with Crippen LogP contribution in [0.25, 0.3) is 0 Å². The number of benzene rings is 1. The highest BCUT2D eigenvalue weighted by Crippen LogP contribution is 2.38. The SMILES string of the molecule is CC(C)(C)OC(=O)NC(c1cccc(Cl)c1)C1CCC(N2CCn3c(nnc3C(F)(F)F)C2=O)CC1. The van der Waals surface area contributed by atoms with Crippen molar-refractivity contribution < 1.29 is 27.5 Å². The van der Waals surface area contributed by atoms with Gasteiger partial charge in [0.1, 0.15) is 5.60 Å². The fourth-order valence-corrected chi connectivity index (χ4v) is 5.22. The summed E-state index contributed by atoms with van der Waals surface area (Å²) in [4.78, 5) is 27.2. The molecule has 0 spiro atoms. The van der Waals surface area contributed by atoms with E-state index in [0.29, 0.717) is 30.7 Å². The molecule has 2 aromatic rings. The van der Waals surface area contributed by atoms with Gasteiger partial charge in [0.2, 0.25) is 11.6 Å². The number of alkyl halides is 3.